The maximum atomic E-state index is 11.9. The van der Waals surface area contributed by atoms with Gasteiger partial charge in [0.05, 0.1) is 6.54 Å². The molecule has 0 atom stereocenters. The Bertz CT molecular complexity index is 908. The van der Waals surface area contributed by atoms with Crippen LogP contribution in [-0.4, -0.2) is 27.7 Å². The molecule has 0 aliphatic carbocycles. The van der Waals surface area contributed by atoms with Crippen molar-refractivity contribution < 1.29 is 9.59 Å². The lowest BCUT2D eigenvalue weighted by Gasteiger charge is -2.02. The van der Waals surface area contributed by atoms with Gasteiger partial charge in [0.1, 0.15) is 0 Å². The van der Waals surface area contributed by atoms with Crippen LogP contribution in [0.2, 0.25) is 0 Å². The molecule has 0 radical (unpaired) electrons. The molecule has 2 N–H and O–H groups in total. The minimum atomic E-state index is -0.359. The third-order valence-corrected chi connectivity index (χ3v) is 3.98. The van der Waals surface area contributed by atoms with Gasteiger partial charge in [-0.15, -0.1) is 0 Å². The van der Waals surface area contributed by atoms with Crippen molar-refractivity contribution in [2.45, 2.75) is 0 Å². The number of amides is 2. The molecule has 0 aliphatic rings. The Labute approximate surface area is 154 Å². The SMILES string of the molecule is O=C(/C=C\c1ccccc1)NCC(=O)Nc1nc(-c2ccccc2)ns1. The number of aromatic nitrogens is 2. The predicted octanol–water partition coefficient (Wildman–Crippen LogP) is 2.97. The van der Waals surface area contributed by atoms with Gasteiger partial charge in [0.2, 0.25) is 16.9 Å². The summed E-state index contributed by atoms with van der Waals surface area (Å²) in [6.45, 7) is -0.141. The summed E-state index contributed by atoms with van der Waals surface area (Å²) in [4.78, 5) is 28.0. The highest BCUT2D eigenvalue weighted by atomic mass is 32.1. The van der Waals surface area contributed by atoms with Gasteiger partial charge in [-0.05, 0) is 11.6 Å². The quantitative estimate of drug-likeness (QED) is 0.659. The Hall–Kier alpha value is -3.32. The second kappa shape index (κ2) is 8.68. The molecule has 0 saturated carbocycles. The Morgan fingerprint density at radius 3 is 2.42 bits per heavy atom. The third-order valence-electron chi connectivity index (χ3n) is 3.35. The predicted molar refractivity (Wildman–Crippen MR) is 102 cm³/mol. The van der Waals surface area contributed by atoms with Crippen molar-refractivity contribution in [1.29, 1.82) is 0 Å². The van der Waals surface area contributed by atoms with E-state index >= 15 is 0 Å². The number of carbonyl (C=O) groups excluding carboxylic acids is 2. The van der Waals surface area contributed by atoms with Crippen molar-refractivity contribution in [2.24, 2.45) is 0 Å². The zero-order chi connectivity index (χ0) is 18.2. The molecule has 2 aromatic carbocycles. The van der Waals surface area contributed by atoms with E-state index in [1.807, 2.05) is 60.7 Å². The van der Waals surface area contributed by atoms with Gasteiger partial charge < -0.3 is 5.32 Å². The van der Waals surface area contributed by atoms with E-state index in [1.54, 1.807) is 6.08 Å². The molecule has 3 aromatic rings. The van der Waals surface area contributed by atoms with Crippen LogP contribution in [0.15, 0.2) is 66.7 Å². The van der Waals surface area contributed by atoms with Crippen molar-refractivity contribution in [3.63, 3.8) is 0 Å². The van der Waals surface area contributed by atoms with Crippen LogP contribution in [0.3, 0.4) is 0 Å². The number of carbonyl (C=O) groups is 2. The van der Waals surface area contributed by atoms with Gasteiger partial charge in [0, 0.05) is 23.2 Å². The smallest absolute Gasteiger partial charge is 0.245 e. The van der Waals surface area contributed by atoms with Crippen LogP contribution in [0, 0.1) is 0 Å². The summed E-state index contributed by atoms with van der Waals surface area (Å²) in [5.74, 6) is -0.144. The van der Waals surface area contributed by atoms with Crippen LogP contribution in [0.25, 0.3) is 17.5 Å². The highest BCUT2D eigenvalue weighted by Gasteiger charge is 2.09. The maximum Gasteiger partial charge on any atom is 0.245 e. The summed E-state index contributed by atoms with van der Waals surface area (Å²) >= 11 is 1.09. The highest BCUT2D eigenvalue weighted by Crippen LogP contribution is 2.20. The van der Waals surface area contributed by atoms with Crippen molar-refractivity contribution in [3.8, 4) is 11.4 Å². The molecule has 0 spiro atoms. The normalized spacial score (nSPS) is 10.6. The molecule has 0 aliphatic heterocycles. The van der Waals surface area contributed by atoms with Crippen LogP contribution >= 0.6 is 11.5 Å². The first-order chi connectivity index (χ1) is 12.7. The van der Waals surface area contributed by atoms with Gasteiger partial charge in [0.15, 0.2) is 5.82 Å². The van der Waals surface area contributed by atoms with E-state index in [1.165, 1.54) is 6.08 Å². The van der Waals surface area contributed by atoms with Gasteiger partial charge in [-0.1, -0.05) is 60.7 Å². The number of nitrogens with one attached hydrogen (secondary N) is 2. The fourth-order valence-corrected chi connectivity index (χ4v) is 2.71. The monoisotopic (exact) mass is 364 g/mol. The molecule has 0 fully saturated rings. The molecule has 3 rings (SSSR count). The van der Waals surface area contributed by atoms with Gasteiger partial charge in [-0.2, -0.15) is 9.36 Å². The molecule has 6 nitrogen and oxygen atoms in total. The van der Waals surface area contributed by atoms with Gasteiger partial charge in [-0.3, -0.25) is 14.9 Å². The van der Waals surface area contributed by atoms with Crippen LogP contribution in [0.1, 0.15) is 5.56 Å². The molecule has 130 valence electrons. The maximum absolute atomic E-state index is 11.9. The summed E-state index contributed by atoms with van der Waals surface area (Å²) < 4.78 is 4.22. The third kappa shape index (κ3) is 5.09. The fraction of sp³-hybridized carbons (Fsp3) is 0.0526. The molecule has 0 unspecified atom stereocenters. The second-order valence-electron chi connectivity index (χ2n) is 5.30. The lowest BCUT2D eigenvalue weighted by molar-refractivity contribution is -0.121. The zero-order valence-corrected chi connectivity index (χ0v) is 14.6. The first kappa shape index (κ1) is 17.5. The topological polar surface area (TPSA) is 84.0 Å². The molecule has 7 heteroatoms. The standard InChI is InChI=1S/C19H16N4O2S/c24-16(12-11-14-7-3-1-4-8-14)20-13-17(25)21-19-22-18(23-26-19)15-9-5-2-6-10-15/h1-12H,13H2,(H,20,24)(H,21,22,23,25)/b12-11-. The summed E-state index contributed by atoms with van der Waals surface area (Å²) in [6, 6.07) is 18.9. The van der Waals surface area contributed by atoms with E-state index in [-0.39, 0.29) is 18.4 Å². The molecule has 2 amide bonds. The van der Waals surface area contributed by atoms with Gasteiger partial charge >= 0.3 is 0 Å². The summed E-state index contributed by atoms with van der Waals surface area (Å²) in [5.41, 5.74) is 1.79. The number of benzene rings is 2. The van der Waals surface area contributed by atoms with Crippen LogP contribution in [0.5, 0.6) is 0 Å². The summed E-state index contributed by atoms with van der Waals surface area (Å²) in [5, 5.41) is 5.55. The summed E-state index contributed by atoms with van der Waals surface area (Å²) in [6.07, 6.45) is 3.07. The number of anilines is 1. The van der Waals surface area contributed by atoms with E-state index in [9.17, 15) is 9.59 Å². The average Bonchev–Trinajstić information content (AvgIpc) is 3.15. The minimum Gasteiger partial charge on any atom is -0.343 e. The fourth-order valence-electron chi connectivity index (χ4n) is 2.10. The molecule has 0 saturated heterocycles. The van der Waals surface area contributed by atoms with Crippen LogP contribution in [0.4, 0.5) is 5.13 Å². The average molecular weight is 364 g/mol. The molecule has 1 aromatic heterocycles. The zero-order valence-electron chi connectivity index (χ0n) is 13.8. The summed E-state index contributed by atoms with van der Waals surface area (Å²) in [7, 11) is 0. The van der Waals surface area contributed by atoms with Crippen molar-refractivity contribution in [3.05, 3.63) is 72.3 Å². The Morgan fingerprint density at radius 2 is 1.69 bits per heavy atom. The van der Waals surface area contributed by atoms with E-state index in [4.69, 9.17) is 0 Å². The van der Waals surface area contributed by atoms with Crippen LogP contribution < -0.4 is 10.6 Å². The molecular formula is C19H16N4O2S. The van der Waals surface area contributed by atoms with Crippen LogP contribution in [-0.2, 0) is 9.59 Å². The largest absolute Gasteiger partial charge is 0.343 e. The van der Waals surface area contributed by atoms with E-state index in [0.717, 1.165) is 22.7 Å². The minimum absolute atomic E-state index is 0.141. The number of hydrogen-bond acceptors (Lipinski definition) is 5. The second-order valence-corrected chi connectivity index (χ2v) is 6.05. The lowest BCUT2D eigenvalue weighted by atomic mass is 10.2. The van der Waals surface area contributed by atoms with E-state index < -0.39 is 0 Å². The number of nitrogens with zero attached hydrogens (tertiary/aromatic N) is 2. The first-order valence-corrected chi connectivity index (χ1v) is 8.68. The van der Waals surface area contributed by atoms with Gasteiger partial charge in [-0.25, -0.2) is 0 Å². The van der Waals surface area contributed by atoms with Crippen molar-refractivity contribution >= 4 is 34.6 Å². The van der Waals surface area contributed by atoms with E-state index in [0.29, 0.717) is 11.0 Å². The molecular weight excluding hydrogens is 348 g/mol. The molecule has 26 heavy (non-hydrogen) atoms. The Morgan fingerprint density at radius 1 is 1.00 bits per heavy atom. The Kier molecular flexibility index (Phi) is 5.84. The Balaban J connectivity index is 1.48. The van der Waals surface area contributed by atoms with Crippen molar-refractivity contribution in [1.82, 2.24) is 14.7 Å². The lowest BCUT2D eigenvalue weighted by Crippen LogP contribution is -2.31. The van der Waals surface area contributed by atoms with Gasteiger partial charge in [0.25, 0.3) is 0 Å². The number of rotatable bonds is 6. The molecule has 0 bridgehead atoms. The number of hydrogen-bond donors (Lipinski definition) is 2. The van der Waals surface area contributed by atoms with Crippen molar-refractivity contribution in [2.75, 3.05) is 11.9 Å². The van der Waals surface area contributed by atoms with E-state index in [2.05, 4.69) is 20.0 Å². The first-order valence-electron chi connectivity index (χ1n) is 7.90. The highest BCUT2D eigenvalue weighted by molar-refractivity contribution is 7.10. The molecule has 1 heterocycles.